The SMILES string of the molecule is O=C(NCc1ccc2c(c1)OCO2)C1CSC2(CCN(C(=O)c3cccc(C(F)(F)F)c3)CC2)N1. The van der Waals surface area contributed by atoms with Gasteiger partial charge in [-0.1, -0.05) is 12.1 Å². The largest absolute Gasteiger partial charge is 0.454 e. The Morgan fingerprint density at radius 1 is 1.11 bits per heavy atom. The number of hydrogen-bond acceptors (Lipinski definition) is 6. The Kier molecular flexibility index (Phi) is 6.30. The first-order valence-corrected chi connectivity index (χ1v) is 12.3. The predicted octanol–water partition coefficient (Wildman–Crippen LogP) is 3.39. The van der Waals surface area contributed by atoms with Gasteiger partial charge < -0.3 is 19.7 Å². The van der Waals surface area contributed by atoms with E-state index in [9.17, 15) is 22.8 Å². The predicted molar refractivity (Wildman–Crippen MR) is 123 cm³/mol. The molecular weight excluding hydrogens is 483 g/mol. The van der Waals surface area contributed by atoms with E-state index in [2.05, 4.69) is 10.6 Å². The summed E-state index contributed by atoms with van der Waals surface area (Å²) >= 11 is 1.66. The van der Waals surface area contributed by atoms with Crippen LogP contribution in [0.1, 0.15) is 34.3 Å². The molecule has 0 aliphatic carbocycles. The number of nitrogens with one attached hydrogen (secondary N) is 2. The molecule has 2 N–H and O–H groups in total. The second-order valence-electron chi connectivity index (χ2n) is 8.78. The molecule has 2 saturated heterocycles. The van der Waals surface area contributed by atoms with Crippen LogP contribution >= 0.6 is 11.8 Å². The molecule has 1 unspecified atom stereocenters. The van der Waals surface area contributed by atoms with Crippen molar-refractivity contribution in [3.8, 4) is 11.5 Å². The summed E-state index contributed by atoms with van der Waals surface area (Å²) in [6.45, 7) is 1.37. The van der Waals surface area contributed by atoms with Gasteiger partial charge in [-0.3, -0.25) is 14.9 Å². The Morgan fingerprint density at radius 2 is 1.89 bits per heavy atom. The second-order valence-corrected chi connectivity index (χ2v) is 10.2. The maximum absolute atomic E-state index is 13.0. The number of carbonyl (C=O) groups is 2. The van der Waals surface area contributed by atoms with Crippen molar-refractivity contribution in [1.82, 2.24) is 15.5 Å². The zero-order valence-electron chi connectivity index (χ0n) is 18.7. The van der Waals surface area contributed by atoms with Crippen molar-refractivity contribution in [3.05, 3.63) is 59.2 Å². The lowest BCUT2D eigenvalue weighted by atomic mass is 10.0. The number of nitrogens with zero attached hydrogens (tertiary/aromatic N) is 1. The van der Waals surface area contributed by atoms with Gasteiger partial charge in [0.25, 0.3) is 5.91 Å². The molecule has 0 bridgehead atoms. The zero-order chi connectivity index (χ0) is 24.6. The minimum atomic E-state index is -4.50. The number of hydrogen-bond donors (Lipinski definition) is 2. The Hall–Kier alpha value is -2.92. The summed E-state index contributed by atoms with van der Waals surface area (Å²) in [6, 6.07) is 9.69. The molecule has 3 heterocycles. The van der Waals surface area contributed by atoms with E-state index in [1.165, 1.54) is 12.1 Å². The molecule has 3 aliphatic rings. The number of thioether (sulfide) groups is 1. The van der Waals surface area contributed by atoms with Crippen molar-refractivity contribution in [1.29, 1.82) is 0 Å². The monoisotopic (exact) mass is 507 g/mol. The standard InChI is InChI=1S/C24H24F3N3O4S/c25-24(26,27)17-3-1-2-16(11-17)22(32)30-8-6-23(7-9-30)29-18(13-35-23)21(31)28-12-15-4-5-19-20(10-15)34-14-33-19/h1-5,10-11,18,29H,6-9,12-14H2,(H,28,31). The van der Waals surface area contributed by atoms with Crippen molar-refractivity contribution in [3.63, 3.8) is 0 Å². The molecule has 2 aromatic carbocycles. The van der Waals surface area contributed by atoms with Crippen molar-refractivity contribution in [2.45, 2.75) is 36.5 Å². The second kappa shape index (κ2) is 9.27. The van der Waals surface area contributed by atoms with Gasteiger partial charge in [0.05, 0.1) is 16.5 Å². The molecule has 1 atom stereocenters. The summed E-state index contributed by atoms with van der Waals surface area (Å²) in [5.41, 5.74) is 0.104. The van der Waals surface area contributed by atoms with Crippen LogP contribution in [-0.4, -0.2) is 53.3 Å². The first kappa shape index (κ1) is 23.8. The molecule has 2 fully saturated rings. The Labute approximate surface area is 204 Å². The average Bonchev–Trinajstić information content (AvgIpc) is 3.49. The number of benzene rings is 2. The number of piperidine rings is 1. The minimum absolute atomic E-state index is 0.0311. The molecule has 5 rings (SSSR count). The molecule has 0 aromatic heterocycles. The fraction of sp³-hybridized carbons (Fsp3) is 0.417. The van der Waals surface area contributed by atoms with E-state index in [-0.39, 0.29) is 29.2 Å². The highest BCUT2D eigenvalue weighted by atomic mass is 32.2. The molecule has 2 aromatic rings. The highest BCUT2D eigenvalue weighted by molar-refractivity contribution is 8.01. The van der Waals surface area contributed by atoms with Crippen LogP contribution in [0.15, 0.2) is 42.5 Å². The summed E-state index contributed by atoms with van der Waals surface area (Å²) in [7, 11) is 0. The lowest BCUT2D eigenvalue weighted by Gasteiger charge is -2.39. The van der Waals surface area contributed by atoms with Crippen LogP contribution in [0.4, 0.5) is 13.2 Å². The summed E-state index contributed by atoms with van der Waals surface area (Å²) in [6.07, 6.45) is -3.28. The Balaban J connectivity index is 1.13. The molecule has 11 heteroatoms. The van der Waals surface area contributed by atoms with Crippen LogP contribution < -0.4 is 20.1 Å². The van der Waals surface area contributed by atoms with Crippen LogP contribution in [-0.2, 0) is 17.5 Å². The van der Waals surface area contributed by atoms with Gasteiger partial charge in [-0.2, -0.15) is 13.2 Å². The third kappa shape index (κ3) is 5.06. The van der Waals surface area contributed by atoms with Crippen molar-refractivity contribution in [2.24, 2.45) is 0 Å². The average molecular weight is 508 g/mol. The first-order chi connectivity index (χ1) is 16.7. The van der Waals surface area contributed by atoms with Gasteiger partial charge in [0.15, 0.2) is 11.5 Å². The van der Waals surface area contributed by atoms with Crippen molar-refractivity contribution < 1.29 is 32.2 Å². The molecule has 1 spiro atoms. The normalized spacial score (nSPS) is 20.8. The van der Waals surface area contributed by atoms with Crippen LogP contribution in [0.3, 0.4) is 0 Å². The zero-order valence-corrected chi connectivity index (χ0v) is 19.5. The van der Waals surface area contributed by atoms with Gasteiger partial charge in [0.2, 0.25) is 12.7 Å². The topological polar surface area (TPSA) is 79.9 Å². The number of fused-ring (bicyclic) bond motifs is 1. The molecule has 3 aliphatic heterocycles. The van der Waals surface area contributed by atoms with Gasteiger partial charge in [0.1, 0.15) is 0 Å². The number of rotatable bonds is 4. The van der Waals surface area contributed by atoms with E-state index < -0.39 is 17.6 Å². The number of ether oxygens (including phenoxy) is 2. The number of halogens is 3. The third-order valence-corrected chi connectivity index (χ3v) is 8.06. The van der Waals surface area contributed by atoms with Gasteiger partial charge in [-0.05, 0) is 48.7 Å². The molecule has 0 radical (unpaired) electrons. The smallest absolute Gasteiger partial charge is 0.416 e. The minimum Gasteiger partial charge on any atom is -0.454 e. The van der Waals surface area contributed by atoms with Crippen LogP contribution in [0, 0.1) is 0 Å². The summed E-state index contributed by atoms with van der Waals surface area (Å²) in [5.74, 6) is 1.45. The van der Waals surface area contributed by atoms with Gasteiger partial charge >= 0.3 is 6.18 Å². The number of carbonyl (C=O) groups excluding carboxylic acids is 2. The fourth-order valence-electron chi connectivity index (χ4n) is 4.52. The van der Waals surface area contributed by atoms with E-state index in [0.29, 0.717) is 49.7 Å². The lowest BCUT2D eigenvalue weighted by Crippen LogP contribution is -2.54. The lowest BCUT2D eigenvalue weighted by molar-refractivity contribution is -0.137. The summed E-state index contributed by atoms with van der Waals surface area (Å²) < 4.78 is 49.7. The highest BCUT2D eigenvalue weighted by Gasteiger charge is 2.44. The highest BCUT2D eigenvalue weighted by Crippen LogP contribution is 2.40. The van der Waals surface area contributed by atoms with E-state index >= 15 is 0 Å². The number of alkyl halides is 3. The maximum atomic E-state index is 13.0. The van der Waals surface area contributed by atoms with E-state index in [1.54, 1.807) is 16.7 Å². The van der Waals surface area contributed by atoms with E-state index in [4.69, 9.17) is 9.47 Å². The van der Waals surface area contributed by atoms with Gasteiger partial charge in [0, 0.05) is 31.0 Å². The molecule has 0 saturated carbocycles. The first-order valence-electron chi connectivity index (χ1n) is 11.3. The van der Waals surface area contributed by atoms with Crippen molar-refractivity contribution >= 4 is 23.6 Å². The van der Waals surface area contributed by atoms with E-state index in [1.807, 2.05) is 18.2 Å². The van der Waals surface area contributed by atoms with Crippen LogP contribution in [0.2, 0.25) is 0 Å². The Bertz CT molecular complexity index is 1140. The van der Waals surface area contributed by atoms with Gasteiger partial charge in [-0.25, -0.2) is 0 Å². The molecule has 2 amide bonds. The molecular formula is C24H24F3N3O4S. The molecule has 35 heavy (non-hydrogen) atoms. The number of likely N-dealkylation sites (tertiary alicyclic amines) is 1. The maximum Gasteiger partial charge on any atom is 0.416 e. The quantitative estimate of drug-likeness (QED) is 0.661. The Morgan fingerprint density at radius 3 is 2.66 bits per heavy atom. The van der Waals surface area contributed by atoms with Crippen molar-refractivity contribution in [2.75, 3.05) is 25.6 Å². The van der Waals surface area contributed by atoms with Crippen LogP contribution in [0.25, 0.3) is 0 Å². The number of amides is 2. The fourth-order valence-corrected chi connectivity index (χ4v) is 5.94. The summed E-state index contributed by atoms with van der Waals surface area (Å²) in [5, 5.41) is 6.38. The van der Waals surface area contributed by atoms with Crippen LogP contribution in [0.5, 0.6) is 11.5 Å². The summed E-state index contributed by atoms with van der Waals surface area (Å²) in [4.78, 5) is 26.8. The molecule has 186 valence electrons. The third-order valence-electron chi connectivity index (χ3n) is 6.48. The van der Waals surface area contributed by atoms with E-state index in [0.717, 1.165) is 17.7 Å². The van der Waals surface area contributed by atoms with Gasteiger partial charge in [-0.15, -0.1) is 11.8 Å². The molecule has 7 nitrogen and oxygen atoms in total.